The van der Waals surface area contributed by atoms with Crippen molar-refractivity contribution in [3.8, 4) is 0 Å². The van der Waals surface area contributed by atoms with Gasteiger partial charge in [0.1, 0.15) is 5.82 Å². The molecule has 1 aromatic carbocycles. The van der Waals surface area contributed by atoms with Crippen molar-refractivity contribution in [1.29, 1.82) is 0 Å². The Morgan fingerprint density at radius 3 is 2.96 bits per heavy atom. The van der Waals surface area contributed by atoms with Crippen LogP contribution in [0.15, 0.2) is 35.3 Å². The number of H-pyrrole nitrogens is 1. The van der Waals surface area contributed by atoms with Crippen LogP contribution in [0.4, 0.5) is 0 Å². The Morgan fingerprint density at radius 2 is 2.13 bits per heavy atom. The van der Waals surface area contributed by atoms with Crippen molar-refractivity contribution in [2.75, 3.05) is 0 Å². The first-order valence-electron chi connectivity index (χ1n) is 8.05. The lowest BCUT2D eigenvalue weighted by Crippen LogP contribution is -2.14. The standard InChI is InChI=1S/C17H21N5O/c1-3-6-12(2)15-11-22(21-20-15)10-9-16-18-14-8-5-4-7-13(14)17(23)19-16/h4-5,7-8,11-12H,3,6,9-10H2,1-2H3,(H,18,19,23)/t12-/m0/s1. The summed E-state index contributed by atoms with van der Waals surface area (Å²) in [5.74, 6) is 1.10. The third kappa shape index (κ3) is 3.47. The maximum atomic E-state index is 12.0. The van der Waals surface area contributed by atoms with E-state index in [4.69, 9.17) is 0 Å². The van der Waals surface area contributed by atoms with Gasteiger partial charge in [-0.05, 0) is 18.6 Å². The van der Waals surface area contributed by atoms with Gasteiger partial charge in [0.2, 0.25) is 0 Å². The van der Waals surface area contributed by atoms with Gasteiger partial charge in [-0.3, -0.25) is 9.48 Å². The molecule has 1 N–H and O–H groups in total. The molecule has 23 heavy (non-hydrogen) atoms. The predicted molar refractivity (Wildman–Crippen MR) is 89.4 cm³/mol. The predicted octanol–water partition coefficient (Wildman–Crippen LogP) is 2.66. The molecule has 120 valence electrons. The average molecular weight is 311 g/mol. The van der Waals surface area contributed by atoms with Gasteiger partial charge < -0.3 is 4.98 Å². The van der Waals surface area contributed by atoms with Crippen LogP contribution in [0.1, 0.15) is 44.1 Å². The number of rotatable bonds is 6. The summed E-state index contributed by atoms with van der Waals surface area (Å²) in [6.45, 7) is 4.98. The molecule has 0 saturated heterocycles. The second-order valence-corrected chi connectivity index (χ2v) is 5.88. The zero-order valence-corrected chi connectivity index (χ0v) is 13.5. The van der Waals surface area contributed by atoms with Gasteiger partial charge in [-0.2, -0.15) is 0 Å². The normalized spacial score (nSPS) is 12.6. The van der Waals surface area contributed by atoms with Crippen LogP contribution in [0, 0.1) is 0 Å². The van der Waals surface area contributed by atoms with E-state index in [1.165, 1.54) is 0 Å². The number of nitrogens with zero attached hydrogens (tertiary/aromatic N) is 4. The number of benzene rings is 1. The molecule has 1 atom stereocenters. The Balaban J connectivity index is 1.72. The maximum absolute atomic E-state index is 12.0. The molecule has 0 spiro atoms. The molecule has 0 aliphatic carbocycles. The monoisotopic (exact) mass is 311 g/mol. The van der Waals surface area contributed by atoms with Crippen molar-refractivity contribution in [3.05, 3.63) is 52.3 Å². The lowest BCUT2D eigenvalue weighted by atomic mass is 10.0. The molecular weight excluding hydrogens is 290 g/mol. The van der Waals surface area contributed by atoms with Gasteiger partial charge in [0.15, 0.2) is 0 Å². The third-order valence-corrected chi connectivity index (χ3v) is 4.02. The van der Waals surface area contributed by atoms with E-state index >= 15 is 0 Å². The summed E-state index contributed by atoms with van der Waals surface area (Å²) < 4.78 is 1.82. The maximum Gasteiger partial charge on any atom is 0.258 e. The molecule has 3 rings (SSSR count). The SMILES string of the molecule is CCC[C@H](C)c1cn(CCc2nc3ccccc3c(=O)[nH]2)nn1. The molecule has 6 heteroatoms. The van der Waals surface area contributed by atoms with Crippen LogP contribution in [0.2, 0.25) is 0 Å². The summed E-state index contributed by atoms with van der Waals surface area (Å²) >= 11 is 0. The Labute approximate surface area is 134 Å². The Kier molecular flexibility index (Phi) is 4.50. The van der Waals surface area contributed by atoms with Crippen molar-refractivity contribution < 1.29 is 0 Å². The highest BCUT2D eigenvalue weighted by Crippen LogP contribution is 2.17. The van der Waals surface area contributed by atoms with Crippen LogP contribution in [-0.2, 0) is 13.0 Å². The van der Waals surface area contributed by atoms with Crippen molar-refractivity contribution in [1.82, 2.24) is 25.0 Å². The van der Waals surface area contributed by atoms with Crippen molar-refractivity contribution in [2.45, 2.75) is 45.6 Å². The minimum Gasteiger partial charge on any atom is -0.310 e. The number of aromatic amines is 1. The number of hydrogen-bond acceptors (Lipinski definition) is 4. The topological polar surface area (TPSA) is 76.5 Å². The summed E-state index contributed by atoms with van der Waals surface area (Å²) in [5, 5.41) is 9.02. The summed E-state index contributed by atoms with van der Waals surface area (Å²) in [4.78, 5) is 19.4. The molecule has 2 heterocycles. The molecule has 0 radical (unpaired) electrons. The number of para-hydroxylation sites is 1. The average Bonchev–Trinajstić information content (AvgIpc) is 3.02. The van der Waals surface area contributed by atoms with Crippen LogP contribution in [0.25, 0.3) is 10.9 Å². The van der Waals surface area contributed by atoms with Crippen molar-refractivity contribution >= 4 is 10.9 Å². The second-order valence-electron chi connectivity index (χ2n) is 5.88. The number of fused-ring (bicyclic) bond motifs is 1. The van der Waals surface area contributed by atoms with Crippen LogP contribution in [0.5, 0.6) is 0 Å². The Morgan fingerprint density at radius 1 is 1.30 bits per heavy atom. The Bertz CT molecular complexity index is 851. The largest absolute Gasteiger partial charge is 0.310 e. The van der Waals surface area contributed by atoms with Crippen molar-refractivity contribution in [2.24, 2.45) is 0 Å². The van der Waals surface area contributed by atoms with E-state index in [1.54, 1.807) is 6.07 Å². The fourth-order valence-corrected chi connectivity index (χ4v) is 2.70. The van der Waals surface area contributed by atoms with E-state index in [0.29, 0.717) is 30.1 Å². The number of aryl methyl sites for hydroxylation is 2. The molecule has 0 amide bonds. The summed E-state index contributed by atoms with van der Waals surface area (Å²) in [6.07, 6.45) is 4.85. The smallest absolute Gasteiger partial charge is 0.258 e. The minimum absolute atomic E-state index is 0.0959. The van der Waals surface area contributed by atoms with E-state index in [2.05, 4.69) is 34.1 Å². The summed E-state index contributed by atoms with van der Waals surface area (Å²) in [6, 6.07) is 7.36. The van der Waals surface area contributed by atoms with E-state index in [1.807, 2.05) is 29.1 Å². The molecule has 0 unspecified atom stereocenters. The van der Waals surface area contributed by atoms with Gasteiger partial charge in [-0.15, -0.1) is 5.10 Å². The molecule has 2 aromatic heterocycles. The number of aromatic nitrogens is 5. The molecule has 0 bridgehead atoms. The molecule has 3 aromatic rings. The quantitative estimate of drug-likeness (QED) is 0.759. The van der Waals surface area contributed by atoms with Crippen LogP contribution in [0.3, 0.4) is 0 Å². The van der Waals surface area contributed by atoms with E-state index in [-0.39, 0.29) is 5.56 Å². The van der Waals surface area contributed by atoms with Crippen LogP contribution in [-0.4, -0.2) is 25.0 Å². The molecule has 0 aliphatic rings. The fraction of sp³-hybridized carbons (Fsp3) is 0.412. The highest BCUT2D eigenvalue weighted by Gasteiger charge is 2.10. The third-order valence-electron chi connectivity index (χ3n) is 4.02. The molecular formula is C17H21N5O. The number of nitrogens with one attached hydrogen (secondary N) is 1. The van der Waals surface area contributed by atoms with Crippen LogP contribution >= 0.6 is 0 Å². The highest BCUT2D eigenvalue weighted by molar-refractivity contribution is 5.77. The lowest BCUT2D eigenvalue weighted by Gasteiger charge is -2.04. The minimum atomic E-state index is -0.0959. The van der Waals surface area contributed by atoms with Gasteiger partial charge in [-0.1, -0.05) is 37.6 Å². The van der Waals surface area contributed by atoms with E-state index in [9.17, 15) is 4.79 Å². The van der Waals surface area contributed by atoms with E-state index < -0.39 is 0 Å². The Hall–Kier alpha value is -2.50. The van der Waals surface area contributed by atoms with Crippen molar-refractivity contribution in [3.63, 3.8) is 0 Å². The first-order chi connectivity index (χ1) is 11.2. The van der Waals surface area contributed by atoms with Crippen LogP contribution < -0.4 is 5.56 Å². The molecule has 0 saturated carbocycles. The lowest BCUT2D eigenvalue weighted by molar-refractivity contribution is 0.577. The first-order valence-corrected chi connectivity index (χ1v) is 8.05. The second kappa shape index (κ2) is 6.73. The first kappa shape index (κ1) is 15.4. The fourth-order valence-electron chi connectivity index (χ4n) is 2.70. The zero-order chi connectivity index (χ0) is 16.2. The summed E-state index contributed by atoms with van der Waals surface area (Å²) in [7, 11) is 0. The zero-order valence-electron chi connectivity index (χ0n) is 13.5. The van der Waals surface area contributed by atoms with Gasteiger partial charge in [0.05, 0.1) is 16.6 Å². The van der Waals surface area contributed by atoms with Gasteiger partial charge in [-0.25, -0.2) is 4.98 Å². The summed E-state index contributed by atoms with van der Waals surface area (Å²) in [5.41, 5.74) is 1.65. The van der Waals surface area contributed by atoms with Gasteiger partial charge >= 0.3 is 0 Å². The van der Waals surface area contributed by atoms with E-state index in [0.717, 1.165) is 24.1 Å². The molecule has 6 nitrogen and oxygen atoms in total. The molecule has 0 aliphatic heterocycles. The molecule has 0 fully saturated rings. The van der Waals surface area contributed by atoms with Gasteiger partial charge in [0, 0.05) is 25.1 Å². The highest BCUT2D eigenvalue weighted by atomic mass is 16.1. The van der Waals surface area contributed by atoms with Gasteiger partial charge in [0.25, 0.3) is 5.56 Å². The number of hydrogen-bond donors (Lipinski definition) is 1.